The molecule has 4 rings (SSSR count). The first kappa shape index (κ1) is 35.3. The number of carbonyl (C=O) groups excluding carboxylic acids is 3. The van der Waals surface area contributed by atoms with Crippen LogP contribution in [0.5, 0.6) is 17.2 Å². The van der Waals surface area contributed by atoms with Crippen molar-refractivity contribution in [3.05, 3.63) is 57.6 Å². The van der Waals surface area contributed by atoms with Gasteiger partial charge in [-0.2, -0.15) is 0 Å². The standard InChI is InChI=1S/C31H43N3O10Si/c1-30(2,3)43-29(37)32-20-15-18-11-13-22(21(16-18)34(38)39)42-24-17-19(12-14-23(24)40-7)26(44-45(9,10)31(4,5)6)25(28(36)41-8)33-27(20)35/h11-14,16-17,20,25-26H,15H2,1-10H3,(H,32,37)(H,33,35)/t20-,25-,26-/m0/s1. The fourth-order valence-electron chi connectivity index (χ4n) is 4.34. The smallest absolute Gasteiger partial charge is 0.408 e. The summed E-state index contributed by atoms with van der Waals surface area (Å²) < 4.78 is 28.8. The van der Waals surface area contributed by atoms with Crippen LogP contribution in [0.4, 0.5) is 10.5 Å². The molecule has 0 radical (unpaired) electrons. The molecule has 246 valence electrons. The number of hydrogen-bond acceptors (Lipinski definition) is 10. The van der Waals surface area contributed by atoms with Gasteiger partial charge in [-0.15, -0.1) is 0 Å². The summed E-state index contributed by atoms with van der Waals surface area (Å²) in [5, 5.41) is 17.1. The number of nitro benzene ring substituents is 1. The minimum Gasteiger partial charge on any atom is -0.493 e. The zero-order valence-corrected chi connectivity index (χ0v) is 28.4. The van der Waals surface area contributed by atoms with E-state index in [1.165, 1.54) is 26.4 Å². The van der Waals surface area contributed by atoms with Gasteiger partial charge < -0.3 is 34.0 Å². The number of ether oxygens (including phenoxy) is 4. The van der Waals surface area contributed by atoms with Gasteiger partial charge in [-0.3, -0.25) is 14.9 Å². The monoisotopic (exact) mass is 645 g/mol. The van der Waals surface area contributed by atoms with Crippen LogP contribution in [-0.2, 0) is 29.9 Å². The van der Waals surface area contributed by atoms with Crippen molar-refractivity contribution in [2.24, 2.45) is 0 Å². The Bertz CT molecular complexity index is 1450. The second-order valence-corrected chi connectivity index (χ2v) is 18.0. The molecule has 0 aliphatic carbocycles. The summed E-state index contributed by atoms with van der Waals surface area (Å²) in [4.78, 5) is 51.7. The predicted octanol–water partition coefficient (Wildman–Crippen LogP) is 5.57. The molecular weight excluding hydrogens is 602 g/mol. The molecule has 0 fully saturated rings. The van der Waals surface area contributed by atoms with Crippen molar-refractivity contribution in [1.29, 1.82) is 0 Å². The second kappa shape index (κ2) is 13.4. The molecule has 0 aromatic heterocycles. The SMILES string of the molecule is COC(=O)[C@H]1NC(=O)[C@@H](NC(=O)OC(C)(C)C)Cc2ccc(c([N+](=O)[O-])c2)Oc2cc(ccc2OC)[C@@H]1O[Si](C)(C)C(C)(C)C. The number of carbonyl (C=O) groups is 3. The maximum absolute atomic E-state index is 14.0. The average molecular weight is 646 g/mol. The quantitative estimate of drug-likeness (QED) is 0.176. The summed E-state index contributed by atoms with van der Waals surface area (Å²) in [7, 11) is -0.0202. The van der Waals surface area contributed by atoms with Crippen LogP contribution in [0.15, 0.2) is 36.4 Å². The maximum Gasteiger partial charge on any atom is 0.408 e. The number of benzene rings is 2. The summed E-state index contributed by atoms with van der Waals surface area (Å²) in [5.41, 5.74) is -0.483. The number of rotatable bonds is 6. The minimum atomic E-state index is -2.64. The van der Waals surface area contributed by atoms with E-state index in [1.54, 1.807) is 45.0 Å². The van der Waals surface area contributed by atoms with E-state index in [9.17, 15) is 24.5 Å². The number of alkyl carbamates (subject to hydrolysis) is 1. The molecule has 0 spiro atoms. The largest absolute Gasteiger partial charge is 0.493 e. The van der Waals surface area contributed by atoms with E-state index in [1.807, 2.05) is 33.9 Å². The molecule has 13 nitrogen and oxygen atoms in total. The Morgan fingerprint density at radius 2 is 1.71 bits per heavy atom. The number of methoxy groups -OCH3 is 2. The van der Waals surface area contributed by atoms with Crippen LogP contribution in [0.1, 0.15) is 58.8 Å². The van der Waals surface area contributed by atoms with E-state index in [2.05, 4.69) is 10.6 Å². The van der Waals surface area contributed by atoms with E-state index in [0.717, 1.165) is 0 Å². The highest BCUT2D eigenvalue weighted by atomic mass is 28.4. The summed E-state index contributed by atoms with van der Waals surface area (Å²) in [6.07, 6.45) is -2.15. The van der Waals surface area contributed by atoms with Gasteiger partial charge in [-0.05, 0) is 68.2 Å². The third kappa shape index (κ3) is 8.72. The second-order valence-electron chi connectivity index (χ2n) is 13.3. The van der Waals surface area contributed by atoms with Crippen molar-refractivity contribution in [1.82, 2.24) is 10.6 Å². The Labute approximate surface area is 264 Å². The molecule has 0 saturated carbocycles. The van der Waals surface area contributed by atoms with Gasteiger partial charge in [-0.25, -0.2) is 9.59 Å². The zero-order chi connectivity index (χ0) is 33.9. The Morgan fingerprint density at radius 1 is 1.04 bits per heavy atom. The molecule has 2 aliphatic rings. The van der Waals surface area contributed by atoms with E-state index >= 15 is 0 Å². The van der Waals surface area contributed by atoms with Gasteiger partial charge in [0, 0.05) is 12.5 Å². The first-order valence-electron chi connectivity index (χ1n) is 14.4. The number of hydrogen-bond donors (Lipinski definition) is 2. The fourth-order valence-corrected chi connectivity index (χ4v) is 5.60. The van der Waals surface area contributed by atoms with Crippen LogP contribution in [0.25, 0.3) is 0 Å². The summed E-state index contributed by atoms with van der Waals surface area (Å²) >= 11 is 0. The Kier molecular flexibility index (Phi) is 10.5. The minimum absolute atomic E-state index is 0.0799. The molecule has 2 amide bonds. The lowest BCUT2D eigenvalue weighted by atomic mass is 9.99. The van der Waals surface area contributed by atoms with Crippen molar-refractivity contribution < 1.29 is 42.7 Å². The van der Waals surface area contributed by atoms with Gasteiger partial charge in [0.05, 0.1) is 19.1 Å². The maximum atomic E-state index is 14.0. The van der Waals surface area contributed by atoms with Gasteiger partial charge in [-0.1, -0.05) is 32.9 Å². The van der Waals surface area contributed by atoms with Crippen molar-refractivity contribution in [3.8, 4) is 17.2 Å². The number of fused-ring (bicyclic) bond motifs is 7. The lowest BCUT2D eigenvalue weighted by molar-refractivity contribution is -0.385. The van der Waals surface area contributed by atoms with Crippen molar-refractivity contribution in [2.45, 2.75) is 89.9 Å². The van der Waals surface area contributed by atoms with Crippen molar-refractivity contribution in [2.75, 3.05) is 14.2 Å². The summed E-state index contributed by atoms with van der Waals surface area (Å²) in [6.45, 7) is 15.1. The van der Waals surface area contributed by atoms with Gasteiger partial charge in [0.1, 0.15) is 17.7 Å². The predicted molar refractivity (Wildman–Crippen MR) is 168 cm³/mol. The van der Waals surface area contributed by atoms with Crippen LogP contribution >= 0.6 is 0 Å². The molecule has 14 heteroatoms. The van der Waals surface area contributed by atoms with Crippen LogP contribution in [0, 0.1) is 10.1 Å². The normalized spacial score (nSPS) is 19.0. The molecule has 2 N–H and O–H groups in total. The average Bonchev–Trinajstić information content (AvgIpc) is 2.92. The Hall–Kier alpha value is -4.17. The van der Waals surface area contributed by atoms with Crippen LogP contribution in [0.3, 0.4) is 0 Å². The van der Waals surface area contributed by atoms with E-state index in [4.69, 9.17) is 23.4 Å². The van der Waals surface area contributed by atoms with Crippen molar-refractivity contribution in [3.63, 3.8) is 0 Å². The van der Waals surface area contributed by atoms with Crippen LogP contribution in [0.2, 0.25) is 18.1 Å². The topological polar surface area (TPSA) is 165 Å². The molecule has 2 aromatic carbocycles. The van der Waals surface area contributed by atoms with Gasteiger partial charge in [0.25, 0.3) is 0 Å². The number of esters is 1. The van der Waals surface area contributed by atoms with Crippen molar-refractivity contribution >= 4 is 32.0 Å². The molecule has 3 atom stereocenters. The van der Waals surface area contributed by atoms with Crippen LogP contribution < -0.4 is 20.1 Å². The number of amides is 2. The molecule has 2 aliphatic heterocycles. The highest BCUT2D eigenvalue weighted by Gasteiger charge is 2.44. The van der Waals surface area contributed by atoms with Gasteiger partial charge in [0.2, 0.25) is 11.7 Å². The molecule has 0 unspecified atom stereocenters. The lowest BCUT2D eigenvalue weighted by Gasteiger charge is -2.41. The third-order valence-electron chi connectivity index (χ3n) is 7.69. The Balaban J connectivity index is 2.29. The molecule has 0 saturated heterocycles. The zero-order valence-electron chi connectivity index (χ0n) is 27.4. The number of nitrogens with one attached hydrogen (secondary N) is 2. The van der Waals surface area contributed by atoms with Gasteiger partial charge >= 0.3 is 17.7 Å². The number of nitro groups is 1. The van der Waals surface area contributed by atoms with E-state index in [0.29, 0.717) is 11.1 Å². The van der Waals surface area contributed by atoms with Crippen LogP contribution in [-0.4, -0.2) is 63.1 Å². The first-order chi connectivity index (χ1) is 20.8. The highest BCUT2D eigenvalue weighted by Crippen LogP contribution is 2.43. The van der Waals surface area contributed by atoms with Gasteiger partial charge in [0.15, 0.2) is 25.9 Å². The molecule has 4 bridgehead atoms. The van der Waals surface area contributed by atoms with E-state index < -0.39 is 55.0 Å². The Morgan fingerprint density at radius 3 is 2.27 bits per heavy atom. The number of nitrogens with zero attached hydrogens (tertiary/aromatic N) is 1. The summed E-state index contributed by atoms with van der Waals surface area (Å²) in [6, 6.07) is 6.35. The lowest BCUT2D eigenvalue weighted by Crippen LogP contribution is -2.56. The third-order valence-corrected chi connectivity index (χ3v) is 12.1. The molecular formula is C31H43N3O10Si. The molecule has 45 heavy (non-hydrogen) atoms. The van der Waals surface area contributed by atoms with E-state index in [-0.39, 0.29) is 34.4 Å². The summed E-state index contributed by atoms with van der Waals surface area (Å²) in [5.74, 6) is -1.22. The fraction of sp³-hybridized carbons (Fsp3) is 0.516. The first-order valence-corrected chi connectivity index (χ1v) is 17.4. The molecule has 2 aromatic rings. The highest BCUT2D eigenvalue weighted by molar-refractivity contribution is 6.74. The molecule has 2 heterocycles.